The van der Waals surface area contributed by atoms with E-state index in [0.717, 1.165) is 29.5 Å². The third-order valence-corrected chi connectivity index (χ3v) is 4.29. The second-order valence-corrected chi connectivity index (χ2v) is 6.43. The molecular formula is C15H21BrN2O2. The van der Waals surface area contributed by atoms with Gasteiger partial charge < -0.3 is 15.8 Å². The SMILES string of the molecule is CC(Cc1ccc(Br)cc1)(NCC1CCCO1)C(N)=O. The molecule has 20 heavy (non-hydrogen) atoms. The van der Waals surface area contributed by atoms with Crippen molar-refractivity contribution in [1.82, 2.24) is 5.32 Å². The highest BCUT2D eigenvalue weighted by Gasteiger charge is 2.32. The molecule has 1 amide bonds. The van der Waals surface area contributed by atoms with Crippen molar-refractivity contribution in [3.63, 3.8) is 0 Å². The number of nitrogens with one attached hydrogen (secondary N) is 1. The molecule has 2 unspecified atom stereocenters. The molecule has 3 N–H and O–H groups in total. The van der Waals surface area contributed by atoms with Gasteiger partial charge >= 0.3 is 0 Å². The van der Waals surface area contributed by atoms with Crippen LogP contribution < -0.4 is 11.1 Å². The van der Waals surface area contributed by atoms with Gasteiger partial charge in [0.15, 0.2) is 0 Å². The number of carbonyl (C=O) groups is 1. The van der Waals surface area contributed by atoms with Gasteiger partial charge in [-0.05, 0) is 43.9 Å². The molecular weight excluding hydrogens is 320 g/mol. The molecule has 1 aliphatic heterocycles. The first-order valence-electron chi connectivity index (χ1n) is 6.90. The predicted molar refractivity (Wildman–Crippen MR) is 82.4 cm³/mol. The highest BCUT2D eigenvalue weighted by atomic mass is 79.9. The average Bonchev–Trinajstić information content (AvgIpc) is 2.92. The number of carbonyl (C=O) groups excluding carboxylic acids is 1. The summed E-state index contributed by atoms with van der Waals surface area (Å²) in [7, 11) is 0. The van der Waals surface area contributed by atoms with Crippen LogP contribution in [0.5, 0.6) is 0 Å². The molecule has 1 saturated heterocycles. The largest absolute Gasteiger partial charge is 0.377 e. The Morgan fingerprint density at radius 2 is 2.20 bits per heavy atom. The molecule has 1 aromatic rings. The molecule has 0 radical (unpaired) electrons. The van der Waals surface area contributed by atoms with Crippen molar-refractivity contribution >= 4 is 21.8 Å². The van der Waals surface area contributed by atoms with Crippen LogP contribution >= 0.6 is 15.9 Å². The number of rotatable bonds is 6. The highest BCUT2D eigenvalue weighted by Crippen LogP contribution is 2.18. The van der Waals surface area contributed by atoms with E-state index in [1.807, 2.05) is 31.2 Å². The Hall–Kier alpha value is -0.910. The molecule has 110 valence electrons. The maximum absolute atomic E-state index is 11.8. The highest BCUT2D eigenvalue weighted by molar-refractivity contribution is 9.10. The molecule has 1 fully saturated rings. The summed E-state index contributed by atoms with van der Waals surface area (Å²) in [5, 5.41) is 3.29. The van der Waals surface area contributed by atoms with Crippen molar-refractivity contribution in [2.45, 2.75) is 37.8 Å². The summed E-state index contributed by atoms with van der Waals surface area (Å²) in [6, 6.07) is 7.94. The first kappa shape index (κ1) is 15.5. The Bertz CT molecular complexity index is 457. The van der Waals surface area contributed by atoms with E-state index in [9.17, 15) is 4.79 Å². The van der Waals surface area contributed by atoms with Crippen molar-refractivity contribution in [3.8, 4) is 0 Å². The van der Waals surface area contributed by atoms with Gasteiger partial charge in [0.05, 0.1) is 11.6 Å². The second kappa shape index (κ2) is 6.70. The van der Waals surface area contributed by atoms with Crippen molar-refractivity contribution in [2.24, 2.45) is 5.73 Å². The van der Waals surface area contributed by atoms with Crippen LogP contribution in [0.2, 0.25) is 0 Å². The van der Waals surface area contributed by atoms with Gasteiger partial charge in [-0.1, -0.05) is 28.1 Å². The Morgan fingerprint density at radius 1 is 1.50 bits per heavy atom. The fourth-order valence-electron chi connectivity index (χ4n) is 2.39. The normalized spacial score (nSPS) is 21.6. The van der Waals surface area contributed by atoms with Crippen LogP contribution in [0.1, 0.15) is 25.3 Å². The third kappa shape index (κ3) is 4.04. The molecule has 0 spiro atoms. The van der Waals surface area contributed by atoms with Gasteiger partial charge in [0.1, 0.15) is 0 Å². The van der Waals surface area contributed by atoms with Gasteiger partial charge in [-0.2, -0.15) is 0 Å². The number of ether oxygens (including phenoxy) is 1. The summed E-state index contributed by atoms with van der Waals surface area (Å²) in [5.74, 6) is -0.335. The van der Waals surface area contributed by atoms with Crippen LogP contribution in [-0.4, -0.2) is 30.7 Å². The molecule has 5 heteroatoms. The lowest BCUT2D eigenvalue weighted by atomic mass is 9.91. The molecule has 0 bridgehead atoms. The topological polar surface area (TPSA) is 64.3 Å². The maximum atomic E-state index is 11.8. The van der Waals surface area contributed by atoms with E-state index in [-0.39, 0.29) is 12.0 Å². The van der Waals surface area contributed by atoms with Crippen molar-refractivity contribution in [3.05, 3.63) is 34.3 Å². The number of nitrogens with two attached hydrogens (primary N) is 1. The van der Waals surface area contributed by atoms with E-state index >= 15 is 0 Å². The summed E-state index contributed by atoms with van der Waals surface area (Å²) in [5.41, 5.74) is 5.91. The second-order valence-electron chi connectivity index (χ2n) is 5.52. The number of hydrogen-bond donors (Lipinski definition) is 2. The molecule has 2 rings (SSSR count). The lowest BCUT2D eigenvalue weighted by molar-refractivity contribution is -0.124. The third-order valence-electron chi connectivity index (χ3n) is 3.76. The molecule has 2 atom stereocenters. The van der Waals surface area contributed by atoms with E-state index in [0.29, 0.717) is 13.0 Å². The number of primary amides is 1. The first-order chi connectivity index (χ1) is 9.49. The van der Waals surface area contributed by atoms with Crippen molar-refractivity contribution in [1.29, 1.82) is 0 Å². The Labute approximate surface area is 128 Å². The minimum Gasteiger partial charge on any atom is -0.377 e. The zero-order valence-electron chi connectivity index (χ0n) is 11.7. The van der Waals surface area contributed by atoms with Gasteiger partial charge in [0.2, 0.25) is 5.91 Å². The summed E-state index contributed by atoms with van der Waals surface area (Å²) in [4.78, 5) is 11.8. The van der Waals surface area contributed by atoms with Crippen LogP contribution in [0.25, 0.3) is 0 Å². The zero-order chi connectivity index (χ0) is 14.6. The Kier molecular flexibility index (Phi) is 5.18. The van der Waals surface area contributed by atoms with Gasteiger partial charge in [0, 0.05) is 17.6 Å². The van der Waals surface area contributed by atoms with Gasteiger partial charge in [0.25, 0.3) is 0 Å². The van der Waals surface area contributed by atoms with Gasteiger partial charge in [-0.3, -0.25) is 4.79 Å². The maximum Gasteiger partial charge on any atom is 0.237 e. The standard InChI is InChI=1S/C15H21BrN2O2/c1-15(14(17)19,18-10-13-3-2-8-20-13)9-11-4-6-12(16)7-5-11/h4-7,13,18H,2-3,8-10H2,1H3,(H2,17,19). The minimum atomic E-state index is -0.750. The fourth-order valence-corrected chi connectivity index (χ4v) is 2.66. The molecule has 4 nitrogen and oxygen atoms in total. The number of hydrogen-bond acceptors (Lipinski definition) is 3. The Morgan fingerprint density at radius 3 is 2.75 bits per heavy atom. The van der Waals surface area contributed by atoms with Crippen LogP contribution in [0.3, 0.4) is 0 Å². The summed E-state index contributed by atoms with van der Waals surface area (Å²) >= 11 is 3.41. The van der Waals surface area contributed by atoms with Crippen LogP contribution in [0.4, 0.5) is 0 Å². The molecule has 1 aliphatic rings. The average molecular weight is 341 g/mol. The number of benzene rings is 1. The van der Waals surface area contributed by atoms with Crippen LogP contribution in [-0.2, 0) is 16.0 Å². The molecule has 1 aromatic carbocycles. The predicted octanol–water partition coefficient (Wildman–Crippen LogP) is 2.00. The Balaban J connectivity index is 2.00. The number of amides is 1. The van der Waals surface area contributed by atoms with Crippen LogP contribution in [0, 0.1) is 0 Å². The fraction of sp³-hybridized carbons (Fsp3) is 0.533. The van der Waals surface area contributed by atoms with Crippen molar-refractivity contribution < 1.29 is 9.53 Å². The molecule has 0 aromatic heterocycles. The summed E-state index contributed by atoms with van der Waals surface area (Å²) < 4.78 is 6.60. The van der Waals surface area contributed by atoms with Crippen LogP contribution in [0.15, 0.2) is 28.7 Å². The molecule has 1 heterocycles. The van der Waals surface area contributed by atoms with Gasteiger partial charge in [-0.25, -0.2) is 0 Å². The lowest BCUT2D eigenvalue weighted by Crippen LogP contribution is -2.56. The lowest BCUT2D eigenvalue weighted by Gasteiger charge is -2.29. The monoisotopic (exact) mass is 340 g/mol. The van der Waals surface area contributed by atoms with E-state index in [2.05, 4.69) is 21.2 Å². The van der Waals surface area contributed by atoms with E-state index in [1.54, 1.807) is 0 Å². The van der Waals surface area contributed by atoms with E-state index in [4.69, 9.17) is 10.5 Å². The summed E-state index contributed by atoms with van der Waals surface area (Å²) in [6.07, 6.45) is 2.90. The minimum absolute atomic E-state index is 0.193. The zero-order valence-corrected chi connectivity index (χ0v) is 13.3. The first-order valence-corrected chi connectivity index (χ1v) is 7.70. The molecule has 0 aliphatic carbocycles. The summed E-state index contributed by atoms with van der Waals surface area (Å²) in [6.45, 7) is 3.33. The number of halogens is 1. The van der Waals surface area contributed by atoms with E-state index < -0.39 is 5.54 Å². The quantitative estimate of drug-likeness (QED) is 0.832. The van der Waals surface area contributed by atoms with E-state index in [1.165, 1.54) is 0 Å². The van der Waals surface area contributed by atoms with Gasteiger partial charge in [-0.15, -0.1) is 0 Å². The smallest absolute Gasteiger partial charge is 0.237 e. The van der Waals surface area contributed by atoms with Crippen molar-refractivity contribution in [2.75, 3.05) is 13.2 Å². The molecule has 0 saturated carbocycles.